The number of aryl methyl sites for hydroxylation is 2. The van der Waals surface area contributed by atoms with Crippen molar-refractivity contribution < 1.29 is 0 Å². The summed E-state index contributed by atoms with van der Waals surface area (Å²) >= 11 is 5.26. The van der Waals surface area contributed by atoms with E-state index < -0.39 is 0 Å². The van der Waals surface area contributed by atoms with Crippen molar-refractivity contribution in [2.24, 2.45) is 7.05 Å². The highest BCUT2D eigenvalue weighted by Crippen LogP contribution is 2.12. The lowest BCUT2D eigenvalue weighted by atomic mass is 10.1. The molecule has 2 N–H and O–H groups in total. The van der Waals surface area contributed by atoms with E-state index in [0.29, 0.717) is 5.11 Å². The summed E-state index contributed by atoms with van der Waals surface area (Å²) in [7, 11) is 1.87. The third-order valence-electron chi connectivity index (χ3n) is 2.99. The van der Waals surface area contributed by atoms with Gasteiger partial charge >= 0.3 is 0 Å². The van der Waals surface area contributed by atoms with Gasteiger partial charge in [0.05, 0.1) is 0 Å². The van der Waals surface area contributed by atoms with Crippen molar-refractivity contribution in [1.82, 2.24) is 9.78 Å². The van der Waals surface area contributed by atoms with E-state index in [1.165, 1.54) is 18.4 Å². The molecule has 4 nitrogen and oxygen atoms in total. The molecule has 2 rings (SSSR count). The van der Waals surface area contributed by atoms with Crippen molar-refractivity contribution >= 4 is 28.8 Å². The van der Waals surface area contributed by atoms with Crippen molar-refractivity contribution in [1.29, 1.82) is 0 Å². The Labute approximate surface area is 125 Å². The first-order valence-corrected chi connectivity index (χ1v) is 7.25. The van der Waals surface area contributed by atoms with Gasteiger partial charge in [0.25, 0.3) is 0 Å². The zero-order valence-electron chi connectivity index (χ0n) is 11.9. The molecular weight excluding hydrogens is 268 g/mol. The van der Waals surface area contributed by atoms with Crippen LogP contribution in [-0.4, -0.2) is 14.9 Å². The summed E-state index contributed by atoms with van der Waals surface area (Å²) in [4.78, 5) is 0. The Morgan fingerprint density at radius 3 is 2.55 bits per heavy atom. The summed E-state index contributed by atoms with van der Waals surface area (Å²) in [5, 5.41) is 11.0. The normalized spacial score (nSPS) is 10.3. The highest BCUT2D eigenvalue weighted by atomic mass is 32.1. The first-order chi connectivity index (χ1) is 9.67. The molecule has 2 aromatic rings. The summed E-state index contributed by atoms with van der Waals surface area (Å²) in [6, 6.07) is 10.3. The fraction of sp³-hybridized carbons (Fsp3) is 0.333. The number of anilines is 2. The number of unbranched alkanes of at least 4 members (excludes halogenated alkanes) is 1. The van der Waals surface area contributed by atoms with Crippen molar-refractivity contribution in [2.45, 2.75) is 26.2 Å². The summed E-state index contributed by atoms with van der Waals surface area (Å²) < 4.78 is 1.73. The van der Waals surface area contributed by atoms with E-state index >= 15 is 0 Å². The maximum Gasteiger partial charge on any atom is 0.176 e. The van der Waals surface area contributed by atoms with E-state index in [-0.39, 0.29) is 0 Å². The van der Waals surface area contributed by atoms with E-state index in [2.05, 4.69) is 46.9 Å². The molecule has 0 amide bonds. The molecule has 0 spiro atoms. The Bertz CT molecular complexity index is 560. The van der Waals surface area contributed by atoms with E-state index in [1.807, 2.05) is 19.3 Å². The Balaban J connectivity index is 1.87. The van der Waals surface area contributed by atoms with Gasteiger partial charge in [0, 0.05) is 25.0 Å². The first-order valence-electron chi connectivity index (χ1n) is 6.84. The van der Waals surface area contributed by atoms with E-state index in [4.69, 9.17) is 12.2 Å². The van der Waals surface area contributed by atoms with Crippen LogP contribution in [0.25, 0.3) is 0 Å². The van der Waals surface area contributed by atoms with Gasteiger partial charge < -0.3 is 10.6 Å². The molecular formula is C15H20N4S. The third-order valence-corrected chi connectivity index (χ3v) is 3.19. The van der Waals surface area contributed by atoms with Crippen LogP contribution in [0.15, 0.2) is 36.5 Å². The fourth-order valence-electron chi connectivity index (χ4n) is 1.90. The standard InChI is InChI=1S/C15H20N4S/c1-3-4-5-12-6-8-13(9-7-12)16-15(20)17-14-10-11-19(2)18-14/h6-11H,3-5H2,1-2H3,(H2,16,17,18,20). The van der Waals surface area contributed by atoms with E-state index in [9.17, 15) is 0 Å². The lowest BCUT2D eigenvalue weighted by molar-refractivity contribution is 0.772. The number of rotatable bonds is 5. The van der Waals surface area contributed by atoms with Crippen LogP contribution in [0.5, 0.6) is 0 Å². The summed E-state index contributed by atoms with van der Waals surface area (Å²) in [5.41, 5.74) is 2.35. The average Bonchev–Trinajstić information content (AvgIpc) is 2.83. The number of benzene rings is 1. The van der Waals surface area contributed by atoms with Gasteiger partial charge in [-0.05, 0) is 42.8 Å². The number of hydrogen-bond acceptors (Lipinski definition) is 2. The number of thiocarbonyl (C=S) groups is 1. The number of nitrogens with zero attached hydrogens (tertiary/aromatic N) is 2. The Kier molecular flexibility index (Phi) is 5.12. The number of nitrogens with one attached hydrogen (secondary N) is 2. The molecule has 0 radical (unpaired) electrons. The van der Waals surface area contributed by atoms with Gasteiger partial charge in [-0.25, -0.2) is 0 Å². The fourth-order valence-corrected chi connectivity index (χ4v) is 2.12. The lowest BCUT2D eigenvalue weighted by Gasteiger charge is -2.09. The molecule has 0 unspecified atom stereocenters. The molecule has 0 bridgehead atoms. The summed E-state index contributed by atoms with van der Waals surface area (Å²) in [5.74, 6) is 0.740. The topological polar surface area (TPSA) is 41.9 Å². The second-order valence-electron chi connectivity index (χ2n) is 4.75. The summed E-state index contributed by atoms with van der Waals surface area (Å²) in [6.45, 7) is 2.21. The monoisotopic (exact) mass is 288 g/mol. The second-order valence-corrected chi connectivity index (χ2v) is 5.16. The highest BCUT2D eigenvalue weighted by Gasteiger charge is 2.01. The Hall–Kier alpha value is -1.88. The maximum atomic E-state index is 5.26. The largest absolute Gasteiger partial charge is 0.332 e. The van der Waals surface area contributed by atoms with Gasteiger partial charge in [0.2, 0.25) is 0 Å². The van der Waals surface area contributed by atoms with Crippen molar-refractivity contribution in [3.63, 3.8) is 0 Å². The van der Waals surface area contributed by atoms with E-state index in [0.717, 1.165) is 17.9 Å². The molecule has 0 aliphatic carbocycles. The molecule has 0 atom stereocenters. The van der Waals surface area contributed by atoms with Gasteiger partial charge in [-0.3, -0.25) is 4.68 Å². The molecule has 1 aromatic carbocycles. The molecule has 0 saturated carbocycles. The predicted molar refractivity (Wildman–Crippen MR) is 88.1 cm³/mol. The van der Waals surface area contributed by atoms with Gasteiger partial charge in [0.1, 0.15) is 0 Å². The van der Waals surface area contributed by atoms with Crippen LogP contribution in [-0.2, 0) is 13.5 Å². The summed E-state index contributed by atoms with van der Waals surface area (Å²) in [6.07, 6.45) is 5.45. The van der Waals surface area contributed by atoms with Gasteiger partial charge in [-0.1, -0.05) is 25.5 Å². The van der Waals surface area contributed by atoms with Crippen LogP contribution in [0.3, 0.4) is 0 Å². The average molecular weight is 288 g/mol. The minimum atomic E-state index is 0.546. The molecule has 106 valence electrons. The lowest BCUT2D eigenvalue weighted by Crippen LogP contribution is -2.19. The molecule has 1 aromatic heterocycles. The van der Waals surface area contributed by atoms with E-state index in [1.54, 1.807) is 4.68 Å². The van der Waals surface area contributed by atoms with Gasteiger partial charge in [-0.15, -0.1) is 0 Å². The molecule has 0 saturated heterocycles. The third kappa shape index (κ3) is 4.35. The van der Waals surface area contributed by atoms with Crippen molar-refractivity contribution in [2.75, 3.05) is 10.6 Å². The number of hydrogen-bond donors (Lipinski definition) is 2. The zero-order chi connectivity index (χ0) is 14.4. The zero-order valence-corrected chi connectivity index (χ0v) is 12.7. The smallest absolute Gasteiger partial charge is 0.176 e. The van der Waals surface area contributed by atoms with Crippen LogP contribution in [0.2, 0.25) is 0 Å². The first kappa shape index (κ1) is 14.5. The molecule has 1 heterocycles. The minimum absolute atomic E-state index is 0.546. The minimum Gasteiger partial charge on any atom is -0.332 e. The molecule has 5 heteroatoms. The van der Waals surface area contributed by atoms with Crippen LogP contribution >= 0.6 is 12.2 Å². The predicted octanol–water partition coefficient (Wildman–Crippen LogP) is 3.57. The number of aromatic nitrogens is 2. The highest BCUT2D eigenvalue weighted by molar-refractivity contribution is 7.80. The van der Waals surface area contributed by atoms with Crippen molar-refractivity contribution in [3.8, 4) is 0 Å². The van der Waals surface area contributed by atoms with Crippen LogP contribution in [0.1, 0.15) is 25.3 Å². The quantitative estimate of drug-likeness (QED) is 0.825. The SMILES string of the molecule is CCCCc1ccc(NC(=S)Nc2ccn(C)n2)cc1. The van der Waals surface area contributed by atoms with Gasteiger partial charge in [-0.2, -0.15) is 5.10 Å². The van der Waals surface area contributed by atoms with Gasteiger partial charge in [0.15, 0.2) is 10.9 Å². The van der Waals surface area contributed by atoms with Crippen LogP contribution in [0.4, 0.5) is 11.5 Å². The van der Waals surface area contributed by atoms with Crippen LogP contribution < -0.4 is 10.6 Å². The molecule has 0 aliphatic rings. The maximum absolute atomic E-state index is 5.26. The van der Waals surface area contributed by atoms with Crippen molar-refractivity contribution in [3.05, 3.63) is 42.1 Å². The Morgan fingerprint density at radius 1 is 1.20 bits per heavy atom. The molecule has 20 heavy (non-hydrogen) atoms. The Morgan fingerprint density at radius 2 is 1.95 bits per heavy atom. The molecule has 0 fully saturated rings. The molecule has 0 aliphatic heterocycles. The van der Waals surface area contributed by atoms with Crippen LogP contribution in [0, 0.1) is 0 Å². The second kappa shape index (κ2) is 7.05.